The van der Waals surface area contributed by atoms with Crippen LogP contribution in [0.15, 0.2) is 38.5 Å². The lowest BCUT2D eigenvalue weighted by molar-refractivity contribution is 0.168. The van der Waals surface area contributed by atoms with E-state index in [0.717, 1.165) is 34.3 Å². The number of rotatable bonds is 4. The van der Waals surface area contributed by atoms with Crippen molar-refractivity contribution >= 4 is 49.1 Å². The first kappa shape index (κ1) is 17.9. The van der Waals surface area contributed by atoms with E-state index in [2.05, 4.69) is 20.9 Å². The van der Waals surface area contributed by atoms with Gasteiger partial charge in [0.2, 0.25) is 0 Å². The van der Waals surface area contributed by atoms with Crippen LogP contribution in [0.1, 0.15) is 18.5 Å². The maximum atomic E-state index is 13.0. The monoisotopic (exact) mass is 457 g/mol. The van der Waals surface area contributed by atoms with Gasteiger partial charge in [0.05, 0.1) is 17.7 Å². The van der Waals surface area contributed by atoms with Gasteiger partial charge in [-0.05, 0) is 37.1 Å². The number of aromatic nitrogens is 1. The van der Waals surface area contributed by atoms with Crippen molar-refractivity contribution in [3.63, 3.8) is 0 Å². The zero-order valence-corrected chi connectivity index (χ0v) is 16.8. The molecule has 26 heavy (non-hydrogen) atoms. The second-order valence-corrected chi connectivity index (χ2v) is 10.2. The van der Waals surface area contributed by atoms with Gasteiger partial charge in [-0.1, -0.05) is 15.9 Å². The van der Waals surface area contributed by atoms with Gasteiger partial charge in [-0.2, -0.15) is 8.42 Å². The molecular formula is C16H16BrN3O4S2. The summed E-state index contributed by atoms with van der Waals surface area (Å²) in [6.07, 6.45) is 2.07. The molecule has 1 aromatic heterocycles. The maximum absolute atomic E-state index is 13.0. The van der Waals surface area contributed by atoms with Crippen molar-refractivity contribution in [1.82, 2.24) is 9.88 Å². The second-order valence-electron chi connectivity index (χ2n) is 6.76. The minimum Gasteiger partial charge on any atom is -0.318 e. The molecule has 1 aromatic carbocycles. The molecule has 1 aliphatic carbocycles. The molecule has 1 spiro atoms. The number of thiazole rings is 1. The van der Waals surface area contributed by atoms with Crippen molar-refractivity contribution in [2.45, 2.75) is 23.6 Å². The molecule has 2 amide bonds. The van der Waals surface area contributed by atoms with E-state index in [-0.39, 0.29) is 27.9 Å². The van der Waals surface area contributed by atoms with Crippen LogP contribution in [-0.2, 0) is 16.7 Å². The number of anilines is 1. The molecule has 2 fully saturated rings. The van der Waals surface area contributed by atoms with Gasteiger partial charge in [-0.3, -0.25) is 9.45 Å². The molecule has 0 radical (unpaired) electrons. The predicted octanol–water partition coefficient (Wildman–Crippen LogP) is 3.37. The molecule has 4 rings (SSSR count). The van der Waals surface area contributed by atoms with E-state index in [9.17, 15) is 17.8 Å². The Kier molecular flexibility index (Phi) is 4.33. The number of benzene rings is 1. The van der Waals surface area contributed by atoms with E-state index in [1.165, 1.54) is 5.51 Å². The lowest BCUT2D eigenvalue weighted by atomic mass is 10.0. The summed E-state index contributed by atoms with van der Waals surface area (Å²) in [6, 6.07) is 7.36. The van der Waals surface area contributed by atoms with Crippen molar-refractivity contribution in [3.05, 3.63) is 39.9 Å². The van der Waals surface area contributed by atoms with Crippen molar-refractivity contribution < 1.29 is 17.8 Å². The quantitative estimate of drug-likeness (QED) is 0.710. The average molecular weight is 458 g/mol. The number of nitrogens with zero attached hydrogens (tertiary/aromatic N) is 3. The highest BCUT2D eigenvalue weighted by atomic mass is 79.9. The highest BCUT2D eigenvalue weighted by Gasteiger charge is 2.51. The number of carbonyl (C=O) groups is 1. The topological polar surface area (TPSA) is 90.8 Å². The van der Waals surface area contributed by atoms with Gasteiger partial charge in [0.1, 0.15) is 0 Å². The first-order valence-electron chi connectivity index (χ1n) is 7.99. The fourth-order valence-electron chi connectivity index (χ4n) is 3.29. The number of hydrogen-bond donors (Lipinski definition) is 1. The third-order valence-electron chi connectivity index (χ3n) is 4.80. The molecule has 0 atom stereocenters. The van der Waals surface area contributed by atoms with Crippen LogP contribution in [0, 0.1) is 5.41 Å². The summed E-state index contributed by atoms with van der Waals surface area (Å²) in [6.45, 7) is 1.29. The molecule has 1 saturated heterocycles. The Morgan fingerprint density at radius 2 is 1.92 bits per heavy atom. The summed E-state index contributed by atoms with van der Waals surface area (Å²) in [7, 11) is -4.34. The number of carbonyl (C=O) groups excluding carboxylic acids is 1. The second kappa shape index (κ2) is 6.29. The van der Waals surface area contributed by atoms with Crippen LogP contribution in [-0.4, -0.2) is 42.0 Å². The summed E-state index contributed by atoms with van der Waals surface area (Å²) < 4.78 is 33.1. The number of halogens is 1. The summed E-state index contributed by atoms with van der Waals surface area (Å²) in [5.41, 5.74) is 2.43. The molecule has 138 valence electrons. The minimum atomic E-state index is -4.34. The fourth-order valence-corrected chi connectivity index (χ4v) is 5.11. The van der Waals surface area contributed by atoms with Crippen molar-refractivity contribution in [1.29, 1.82) is 0 Å². The van der Waals surface area contributed by atoms with E-state index in [0.29, 0.717) is 13.1 Å². The van der Waals surface area contributed by atoms with Crippen LogP contribution >= 0.6 is 27.3 Å². The smallest absolute Gasteiger partial charge is 0.318 e. The third kappa shape index (κ3) is 3.38. The Labute approximate surface area is 163 Å². The normalized spacial score (nSPS) is 19.2. The van der Waals surface area contributed by atoms with Gasteiger partial charge < -0.3 is 4.90 Å². The zero-order chi connectivity index (χ0) is 18.5. The molecule has 2 heterocycles. The van der Waals surface area contributed by atoms with E-state index < -0.39 is 10.1 Å². The van der Waals surface area contributed by atoms with Crippen LogP contribution in [0.5, 0.6) is 0 Å². The standard InChI is InChI=1S/C16H16BrN3O4S2/c17-11-1-3-12(4-2-11)20-9-16(5-6-16)8-19(15(20)21)7-13-14(25-10-18-13)26(22,23)24/h1-4,10H,5-9H2,(H,22,23,24). The molecular weight excluding hydrogens is 442 g/mol. The number of urea groups is 1. The largest absolute Gasteiger partial charge is 0.324 e. The van der Waals surface area contributed by atoms with Gasteiger partial charge in [-0.25, -0.2) is 9.78 Å². The Hall–Kier alpha value is -1.49. The molecule has 0 bridgehead atoms. The van der Waals surface area contributed by atoms with E-state index in [1.807, 2.05) is 24.3 Å². The third-order valence-corrected chi connectivity index (χ3v) is 7.61. The van der Waals surface area contributed by atoms with E-state index in [1.54, 1.807) is 9.80 Å². The van der Waals surface area contributed by atoms with E-state index >= 15 is 0 Å². The number of hydrogen-bond acceptors (Lipinski definition) is 5. The van der Waals surface area contributed by atoms with Gasteiger partial charge in [0.15, 0.2) is 4.21 Å². The Bertz CT molecular complexity index is 954. The summed E-state index contributed by atoms with van der Waals surface area (Å²) in [5.74, 6) is 0. The zero-order valence-electron chi connectivity index (χ0n) is 13.6. The van der Waals surface area contributed by atoms with Crippen LogP contribution < -0.4 is 4.90 Å². The Morgan fingerprint density at radius 1 is 1.23 bits per heavy atom. The lowest BCUT2D eigenvalue weighted by Crippen LogP contribution is -2.54. The van der Waals surface area contributed by atoms with Gasteiger partial charge >= 0.3 is 16.1 Å². The summed E-state index contributed by atoms with van der Waals surface area (Å²) in [5, 5.41) is 0. The highest BCUT2D eigenvalue weighted by Crippen LogP contribution is 2.50. The molecule has 2 aliphatic rings. The molecule has 2 aromatic rings. The first-order valence-corrected chi connectivity index (χ1v) is 11.1. The summed E-state index contributed by atoms with van der Waals surface area (Å²) >= 11 is 4.25. The Balaban J connectivity index is 1.63. The molecule has 1 saturated carbocycles. The van der Waals surface area contributed by atoms with Crippen molar-refractivity contribution in [3.8, 4) is 0 Å². The number of amides is 2. The molecule has 10 heteroatoms. The van der Waals surface area contributed by atoms with Crippen LogP contribution in [0.3, 0.4) is 0 Å². The summed E-state index contributed by atoms with van der Waals surface area (Å²) in [4.78, 5) is 20.4. The fraction of sp³-hybridized carbons (Fsp3) is 0.375. The minimum absolute atomic E-state index is 0.0509. The van der Waals surface area contributed by atoms with Crippen molar-refractivity contribution in [2.75, 3.05) is 18.0 Å². The van der Waals surface area contributed by atoms with E-state index in [4.69, 9.17) is 0 Å². The SMILES string of the molecule is O=C1N(Cc2ncsc2S(=O)(=O)O)CC2(CC2)CN1c1ccc(Br)cc1. The van der Waals surface area contributed by atoms with Crippen molar-refractivity contribution in [2.24, 2.45) is 5.41 Å². The molecule has 0 unspecified atom stereocenters. The molecule has 1 aliphatic heterocycles. The first-order chi connectivity index (χ1) is 12.3. The van der Waals surface area contributed by atoms with Gasteiger partial charge in [-0.15, -0.1) is 11.3 Å². The predicted molar refractivity (Wildman–Crippen MR) is 101 cm³/mol. The van der Waals surface area contributed by atoms with Crippen LogP contribution in [0.2, 0.25) is 0 Å². The van der Waals surface area contributed by atoms with Gasteiger partial charge in [0, 0.05) is 28.7 Å². The van der Waals surface area contributed by atoms with Gasteiger partial charge in [0.25, 0.3) is 0 Å². The lowest BCUT2D eigenvalue weighted by Gasteiger charge is -2.40. The Morgan fingerprint density at radius 3 is 2.54 bits per heavy atom. The van der Waals surface area contributed by atoms with Crippen LogP contribution in [0.4, 0.5) is 10.5 Å². The molecule has 1 N–H and O–H groups in total. The molecule has 7 nitrogen and oxygen atoms in total. The average Bonchev–Trinajstić information content (AvgIpc) is 3.14. The van der Waals surface area contributed by atoms with Crippen LogP contribution in [0.25, 0.3) is 0 Å². The highest BCUT2D eigenvalue weighted by molar-refractivity contribution is 9.10. The maximum Gasteiger partial charge on any atom is 0.324 e.